The van der Waals surface area contributed by atoms with Crippen LogP contribution < -0.4 is 4.43 Å². The maximum Gasteiger partial charge on any atom is 0.264 e. The highest BCUT2D eigenvalue weighted by molar-refractivity contribution is 7.86. The minimum atomic E-state index is -3.47. The van der Waals surface area contributed by atoms with Crippen LogP contribution in [0.3, 0.4) is 0 Å². The predicted molar refractivity (Wildman–Crippen MR) is 137 cm³/mol. The summed E-state index contributed by atoms with van der Waals surface area (Å²) in [5.74, 6) is 2.37. The van der Waals surface area contributed by atoms with Gasteiger partial charge in [0.15, 0.2) is 0 Å². The van der Waals surface area contributed by atoms with Crippen LogP contribution >= 0.6 is 0 Å². The van der Waals surface area contributed by atoms with Gasteiger partial charge in [-0.15, -0.1) is 0 Å². The molecule has 3 atom stereocenters. The Morgan fingerprint density at radius 3 is 2.52 bits per heavy atom. The first-order chi connectivity index (χ1) is 15.3. The van der Waals surface area contributed by atoms with Crippen LogP contribution in [0.1, 0.15) is 64.9 Å². The van der Waals surface area contributed by atoms with Gasteiger partial charge in [0.2, 0.25) is 8.32 Å². The maximum atomic E-state index is 11.9. The third kappa shape index (κ3) is 5.85. The lowest BCUT2D eigenvalue weighted by Gasteiger charge is -2.53. The molecule has 33 heavy (non-hydrogen) atoms. The summed E-state index contributed by atoms with van der Waals surface area (Å²) in [5, 5.41) is 0.136. The van der Waals surface area contributed by atoms with E-state index >= 15 is 0 Å². The van der Waals surface area contributed by atoms with Crippen molar-refractivity contribution in [2.45, 2.75) is 88.9 Å². The fraction of sp³-hybridized carbons (Fsp3) is 0.769. The number of rotatable bonds is 7. The van der Waals surface area contributed by atoms with E-state index < -0.39 is 18.4 Å². The molecule has 0 amide bonds. The molecule has 1 heterocycles. The molecule has 7 heteroatoms. The molecule has 3 aliphatic rings. The Morgan fingerprint density at radius 2 is 1.88 bits per heavy atom. The zero-order valence-electron chi connectivity index (χ0n) is 21.4. The first kappa shape index (κ1) is 25.2. The quantitative estimate of drug-likeness (QED) is 0.367. The van der Waals surface area contributed by atoms with E-state index in [1.165, 1.54) is 31.2 Å². The predicted octanol–water partition coefficient (Wildman–Crippen LogP) is 5.57. The molecule has 5 nitrogen and oxygen atoms in total. The van der Waals surface area contributed by atoms with Crippen molar-refractivity contribution in [1.29, 1.82) is 0 Å². The largest absolute Gasteiger partial charge is 0.543 e. The average Bonchev–Trinajstić information content (AvgIpc) is 3.50. The molecular formula is C26H43NO4SSi. The lowest BCUT2D eigenvalue weighted by Crippen LogP contribution is -2.54. The fourth-order valence-corrected chi connectivity index (χ4v) is 7.33. The highest BCUT2D eigenvalue weighted by Gasteiger charge is 2.49. The van der Waals surface area contributed by atoms with Crippen molar-refractivity contribution in [3.63, 3.8) is 0 Å². The van der Waals surface area contributed by atoms with Crippen molar-refractivity contribution >= 4 is 18.4 Å². The average molecular weight is 494 g/mol. The van der Waals surface area contributed by atoms with Crippen LogP contribution in [0, 0.1) is 11.8 Å². The number of nitrogens with zero attached hydrogens (tertiary/aromatic N) is 1. The summed E-state index contributed by atoms with van der Waals surface area (Å²) < 4.78 is 36.1. The smallest absolute Gasteiger partial charge is 0.264 e. The Bertz CT molecular complexity index is 953. The summed E-state index contributed by atoms with van der Waals surface area (Å²) in [6.07, 6.45) is 7.34. The molecule has 0 spiro atoms. The molecule has 3 unspecified atom stereocenters. The van der Waals surface area contributed by atoms with Crippen LogP contribution in [-0.4, -0.2) is 53.6 Å². The van der Waals surface area contributed by atoms with Crippen LogP contribution in [0.5, 0.6) is 5.75 Å². The second-order valence-electron chi connectivity index (χ2n) is 12.4. The second kappa shape index (κ2) is 8.96. The molecular weight excluding hydrogens is 450 g/mol. The fourth-order valence-electron chi connectivity index (χ4n) is 5.65. The van der Waals surface area contributed by atoms with E-state index in [1.807, 2.05) is 0 Å². The third-order valence-electron chi connectivity index (χ3n) is 8.68. The summed E-state index contributed by atoms with van der Waals surface area (Å²) in [6.45, 7) is 14.8. The van der Waals surface area contributed by atoms with Gasteiger partial charge in [-0.05, 0) is 92.7 Å². The molecule has 3 fully saturated rings. The van der Waals surface area contributed by atoms with Crippen molar-refractivity contribution < 1.29 is 17.0 Å². The van der Waals surface area contributed by atoms with Crippen LogP contribution in [0.4, 0.5) is 0 Å². The van der Waals surface area contributed by atoms with Crippen molar-refractivity contribution in [3.05, 3.63) is 29.8 Å². The minimum absolute atomic E-state index is 0.0551. The molecule has 1 aromatic rings. The van der Waals surface area contributed by atoms with Gasteiger partial charge in [-0.2, -0.15) is 8.42 Å². The molecule has 2 saturated carbocycles. The van der Waals surface area contributed by atoms with E-state index in [1.54, 1.807) is 0 Å². The van der Waals surface area contributed by atoms with Gasteiger partial charge < -0.3 is 9.33 Å². The summed E-state index contributed by atoms with van der Waals surface area (Å²) >= 11 is 0. The molecule has 4 rings (SSSR count). The van der Waals surface area contributed by atoms with Gasteiger partial charge in [0, 0.05) is 18.5 Å². The molecule has 186 valence electrons. The molecule has 1 saturated heterocycles. The van der Waals surface area contributed by atoms with Gasteiger partial charge in [0.1, 0.15) is 5.75 Å². The monoisotopic (exact) mass is 493 g/mol. The molecule has 1 aromatic carbocycles. The molecule has 0 N–H and O–H groups in total. The lowest BCUT2D eigenvalue weighted by atomic mass is 9.58. The number of likely N-dealkylation sites (tertiary alicyclic amines) is 1. The molecule has 0 aromatic heterocycles. The molecule has 0 bridgehead atoms. The standard InChI is InChI=1S/C26H43NO4SSi/c1-25(2,3)33(5,6)31-23-9-7-8-21(16-23)26-14-15-27(18-20-10-11-20)19-22(26)12-13-24(17-26)30-32(4,28)29/h7-9,16,20,22,24H,10-15,17-19H2,1-6H3. The van der Waals surface area contributed by atoms with Gasteiger partial charge in [-0.1, -0.05) is 32.9 Å². The van der Waals surface area contributed by atoms with Crippen LogP contribution in [0.15, 0.2) is 24.3 Å². The van der Waals surface area contributed by atoms with Gasteiger partial charge in [-0.3, -0.25) is 4.18 Å². The van der Waals surface area contributed by atoms with Crippen molar-refractivity contribution in [3.8, 4) is 5.75 Å². The Labute approximate surface area is 202 Å². The van der Waals surface area contributed by atoms with Crippen molar-refractivity contribution in [2.24, 2.45) is 11.8 Å². The van der Waals surface area contributed by atoms with Crippen molar-refractivity contribution in [1.82, 2.24) is 4.90 Å². The van der Waals surface area contributed by atoms with E-state index in [0.717, 1.165) is 50.4 Å². The highest BCUT2D eigenvalue weighted by Crippen LogP contribution is 2.51. The number of hydrogen-bond donors (Lipinski definition) is 0. The van der Waals surface area contributed by atoms with Crippen LogP contribution in [0.2, 0.25) is 18.1 Å². The third-order valence-corrected chi connectivity index (χ3v) is 13.7. The molecule has 1 aliphatic heterocycles. The topological polar surface area (TPSA) is 55.8 Å². The first-order valence-corrected chi connectivity index (χ1v) is 17.4. The Hall–Kier alpha value is -0.893. The Balaban J connectivity index is 1.63. The summed E-state index contributed by atoms with van der Waals surface area (Å²) in [7, 11) is -5.41. The zero-order valence-corrected chi connectivity index (χ0v) is 23.2. The van der Waals surface area contributed by atoms with Gasteiger partial charge in [-0.25, -0.2) is 0 Å². The number of piperidine rings is 1. The highest BCUT2D eigenvalue weighted by atomic mass is 32.2. The van der Waals surface area contributed by atoms with E-state index in [-0.39, 0.29) is 16.6 Å². The first-order valence-electron chi connectivity index (χ1n) is 12.7. The van der Waals surface area contributed by atoms with Crippen LogP contribution in [-0.2, 0) is 19.7 Å². The number of benzene rings is 1. The van der Waals surface area contributed by atoms with Crippen molar-refractivity contribution in [2.75, 3.05) is 25.9 Å². The van der Waals surface area contributed by atoms with Gasteiger partial charge >= 0.3 is 0 Å². The van der Waals surface area contributed by atoms with E-state index in [0.29, 0.717) is 5.92 Å². The lowest BCUT2D eigenvalue weighted by molar-refractivity contribution is 0.00689. The van der Waals surface area contributed by atoms with E-state index in [2.05, 4.69) is 63.0 Å². The Kier molecular flexibility index (Phi) is 6.84. The maximum absolute atomic E-state index is 11.9. The summed E-state index contributed by atoms with van der Waals surface area (Å²) in [4.78, 5) is 2.66. The van der Waals surface area contributed by atoms with Crippen LogP contribution in [0.25, 0.3) is 0 Å². The molecule has 2 aliphatic carbocycles. The van der Waals surface area contributed by atoms with E-state index in [4.69, 9.17) is 8.61 Å². The van der Waals surface area contributed by atoms with Gasteiger partial charge in [0.05, 0.1) is 12.4 Å². The summed E-state index contributed by atoms with van der Waals surface area (Å²) in [6, 6.07) is 8.71. The number of fused-ring (bicyclic) bond motifs is 1. The SMILES string of the molecule is CC(C)(C)[Si](C)(C)Oc1cccc(C23CCN(CC4CC4)CC2CCC(OS(C)(=O)=O)C3)c1. The molecule has 0 radical (unpaired) electrons. The van der Waals surface area contributed by atoms with E-state index in [9.17, 15) is 8.42 Å². The Morgan fingerprint density at radius 1 is 1.15 bits per heavy atom. The second-order valence-corrected chi connectivity index (χ2v) is 18.7. The zero-order chi connectivity index (χ0) is 24.1. The minimum Gasteiger partial charge on any atom is -0.543 e. The van der Waals surface area contributed by atoms with Gasteiger partial charge in [0.25, 0.3) is 10.1 Å². The number of hydrogen-bond acceptors (Lipinski definition) is 5. The summed E-state index contributed by atoms with van der Waals surface area (Å²) in [5.41, 5.74) is 1.25. The normalized spacial score (nSPS) is 29.5.